The zero-order valence-electron chi connectivity index (χ0n) is 14.0. The van der Waals surface area contributed by atoms with E-state index >= 15 is 0 Å². The van der Waals surface area contributed by atoms with E-state index in [1.165, 1.54) is 0 Å². The summed E-state index contributed by atoms with van der Waals surface area (Å²) in [5, 5.41) is 0. The number of ether oxygens (including phenoxy) is 1. The first-order valence-corrected chi connectivity index (χ1v) is 8.16. The quantitative estimate of drug-likeness (QED) is 0.813. The molecule has 8 nitrogen and oxygen atoms in total. The van der Waals surface area contributed by atoms with Gasteiger partial charge in [0, 0.05) is 50.8 Å². The van der Waals surface area contributed by atoms with Crippen LogP contribution in [0.15, 0.2) is 31.0 Å². The minimum atomic E-state index is -0.239. The standard InChI is InChI=1S/C16H22N6O2/c1-3-24-14-4-5-18-16(19-14)21-10-8-20(9-11-21)15(23)13(2)22-7-6-17-12-22/h4-7,12-13H,3,8-11H2,1-2H3/t13-/m1/s1. The number of aromatic nitrogens is 4. The van der Waals surface area contributed by atoms with E-state index in [-0.39, 0.29) is 11.9 Å². The molecule has 1 aliphatic rings. The molecule has 0 aliphatic carbocycles. The zero-order valence-corrected chi connectivity index (χ0v) is 14.0. The zero-order chi connectivity index (χ0) is 16.9. The SMILES string of the molecule is CCOc1ccnc(N2CCN(C(=O)[C@@H](C)n3ccnc3)CC2)n1. The molecule has 1 amide bonds. The number of carbonyl (C=O) groups excluding carboxylic acids is 1. The molecule has 8 heteroatoms. The Morgan fingerprint density at radius 2 is 2.08 bits per heavy atom. The molecular weight excluding hydrogens is 308 g/mol. The van der Waals surface area contributed by atoms with Crippen molar-refractivity contribution in [1.29, 1.82) is 0 Å². The summed E-state index contributed by atoms with van der Waals surface area (Å²) in [5.74, 6) is 1.34. The van der Waals surface area contributed by atoms with E-state index in [0.29, 0.717) is 44.6 Å². The molecule has 0 unspecified atom stereocenters. The molecular formula is C16H22N6O2. The van der Waals surface area contributed by atoms with Crippen LogP contribution < -0.4 is 9.64 Å². The molecule has 1 atom stereocenters. The normalized spacial score (nSPS) is 16.1. The fourth-order valence-corrected chi connectivity index (χ4v) is 2.73. The monoisotopic (exact) mass is 330 g/mol. The number of anilines is 1. The first-order valence-electron chi connectivity index (χ1n) is 8.16. The first kappa shape index (κ1) is 16.2. The van der Waals surface area contributed by atoms with Gasteiger partial charge in [0.05, 0.1) is 12.9 Å². The van der Waals surface area contributed by atoms with Crippen molar-refractivity contribution in [2.24, 2.45) is 0 Å². The lowest BCUT2D eigenvalue weighted by atomic mass is 10.2. The highest BCUT2D eigenvalue weighted by Crippen LogP contribution is 2.17. The van der Waals surface area contributed by atoms with Crippen LogP contribution in [0.3, 0.4) is 0 Å². The maximum Gasteiger partial charge on any atom is 0.245 e. The van der Waals surface area contributed by atoms with Crippen LogP contribution in [0, 0.1) is 0 Å². The number of hydrogen-bond acceptors (Lipinski definition) is 6. The second-order valence-corrected chi connectivity index (χ2v) is 5.63. The molecule has 3 heterocycles. The third-order valence-corrected chi connectivity index (χ3v) is 4.11. The molecule has 1 aliphatic heterocycles. The molecule has 0 aromatic carbocycles. The van der Waals surface area contributed by atoms with Gasteiger partial charge in [-0.05, 0) is 13.8 Å². The summed E-state index contributed by atoms with van der Waals surface area (Å²) in [6, 6.07) is 1.51. The van der Waals surface area contributed by atoms with E-state index in [1.54, 1.807) is 24.8 Å². The van der Waals surface area contributed by atoms with Crippen LogP contribution >= 0.6 is 0 Å². The predicted molar refractivity (Wildman–Crippen MR) is 88.9 cm³/mol. The highest BCUT2D eigenvalue weighted by Gasteiger charge is 2.26. The van der Waals surface area contributed by atoms with Gasteiger partial charge in [0.15, 0.2) is 0 Å². The summed E-state index contributed by atoms with van der Waals surface area (Å²) in [4.78, 5) is 29.3. The van der Waals surface area contributed by atoms with Crippen LogP contribution in [-0.2, 0) is 4.79 Å². The highest BCUT2D eigenvalue weighted by molar-refractivity contribution is 5.80. The molecule has 128 valence electrons. The molecule has 0 N–H and O–H groups in total. The van der Waals surface area contributed by atoms with Gasteiger partial charge in [0.25, 0.3) is 0 Å². The number of nitrogens with zero attached hydrogens (tertiary/aromatic N) is 6. The summed E-state index contributed by atoms with van der Waals surface area (Å²) in [6.45, 7) is 7.11. The Hall–Kier alpha value is -2.64. The van der Waals surface area contributed by atoms with Gasteiger partial charge in [-0.25, -0.2) is 9.97 Å². The van der Waals surface area contributed by atoms with Gasteiger partial charge in [-0.2, -0.15) is 4.98 Å². The average Bonchev–Trinajstić information content (AvgIpc) is 3.16. The average molecular weight is 330 g/mol. The predicted octanol–water partition coefficient (Wildman–Crippen LogP) is 0.982. The van der Waals surface area contributed by atoms with Crippen molar-refractivity contribution in [2.45, 2.75) is 19.9 Å². The molecule has 3 rings (SSSR count). The largest absolute Gasteiger partial charge is 0.478 e. The highest BCUT2D eigenvalue weighted by atomic mass is 16.5. The first-order chi connectivity index (χ1) is 11.7. The number of carbonyl (C=O) groups is 1. The van der Waals surface area contributed by atoms with E-state index in [9.17, 15) is 4.79 Å². The van der Waals surface area contributed by atoms with Crippen molar-refractivity contribution in [2.75, 3.05) is 37.7 Å². The van der Waals surface area contributed by atoms with Crippen molar-refractivity contribution < 1.29 is 9.53 Å². The molecule has 2 aromatic heterocycles. The van der Waals surface area contributed by atoms with Crippen molar-refractivity contribution >= 4 is 11.9 Å². The third-order valence-electron chi connectivity index (χ3n) is 4.11. The fraction of sp³-hybridized carbons (Fsp3) is 0.500. The summed E-state index contributed by atoms with van der Waals surface area (Å²) in [6.07, 6.45) is 6.87. The fourth-order valence-electron chi connectivity index (χ4n) is 2.73. The van der Waals surface area contributed by atoms with Crippen LogP contribution in [0.25, 0.3) is 0 Å². The second kappa shape index (κ2) is 7.29. The lowest BCUT2D eigenvalue weighted by Crippen LogP contribution is -2.50. The summed E-state index contributed by atoms with van der Waals surface area (Å²) in [5.41, 5.74) is 0. The van der Waals surface area contributed by atoms with Crippen LogP contribution in [0.4, 0.5) is 5.95 Å². The molecule has 1 saturated heterocycles. The van der Waals surface area contributed by atoms with Gasteiger partial charge in [-0.1, -0.05) is 0 Å². The molecule has 0 radical (unpaired) electrons. The Morgan fingerprint density at radius 1 is 1.29 bits per heavy atom. The Morgan fingerprint density at radius 3 is 2.75 bits per heavy atom. The second-order valence-electron chi connectivity index (χ2n) is 5.63. The van der Waals surface area contributed by atoms with Gasteiger partial charge >= 0.3 is 0 Å². The van der Waals surface area contributed by atoms with Crippen molar-refractivity contribution in [3.8, 4) is 5.88 Å². The molecule has 0 bridgehead atoms. The van der Waals surface area contributed by atoms with Crippen LogP contribution in [-0.4, -0.2) is 63.1 Å². The maximum absolute atomic E-state index is 12.6. The van der Waals surface area contributed by atoms with E-state index in [4.69, 9.17) is 4.74 Å². The lowest BCUT2D eigenvalue weighted by molar-refractivity contribution is -0.134. The molecule has 1 fully saturated rings. The van der Waals surface area contributed by atoms with Gasteiger partial charge in [0.1, 0.15) is 6.04 Å². The molecule has 0 saturated carbocycles. The van der Waals surface area contributed by atoms with Gasteiger partial charge < -0.3 is 19.1 Å². The number of imidazole rings is 1. The Kier molecular flexibility index (Phi) is 4.93. The Bertz CT molecular complexity index is 667. The van der Waals surface area contributed by atoms with E-state index in [0.717, 1.165) is 0 Å². The van der Waals surface area contributed by atoms with Gasteiger partial charge in [-0.3, -0.25) is 4.79 Å². The number of rotatable bonds is 5. The molecule has 24 heavy (non-hydrogen) atoms. The van der Waals surface area contributed by atoms with Crippen LogP contribution in [0.1, 0.15) is 19.9 Å². The third kappa shape index (κ3) is 3.47. The minimum Gasteiger partial charge on any atom is -0.478 e. The van der Waals surface area contributed by atoms with Crippen molar-refractivity contribution in [3.63, 3.8) is 0 Å². The molecule has 2 aromatic rings. The van der Waals surface area contributed by atoms with Gasteiger partial charge in [0.2, 0.25) is 17.7 Å². The summed E-state index contributed by atoms with van der Waals surface area (Å²) in [7, 11) is 0. The Labute approximate surface area is 141 Å². The topological polar surface area (TPSA) is 76.4 Å². The summed E-state index contributed by atoms with van der Waals surface area (Å²) < 4.78 is 7.24. The van der Waals surface area contributed by atoms with E-state index < -0.39 is 0 Å². The maximum atomic E-state index is 12.6. The van der Waals surface area contributed by atoms with Crippen molar-refractivity contribution in [1.82, 2.24) is 24.4 Å². The van der Waals surface area contributed by atoms with E-state index in [1.807, 2.05) is 29.5 Å². The Balaban J connectivity index is 1.59. The van der Waals surface area contributed by atoms with E-state index in [2.05, 4.69) is 19.9 Å². The number of piperazine rings is 1. The van der Waals surface area contributed by atoms with Gasteiger partial charge in [-0.15, -0.1) is 0 Å². The minimum absolute atomic E-state index is 0.108. The van der Waals surface area contributed by atoms with Crippen molar-refractivity contribution in [3.05, 3.63) is 31.0 Å². The smallest absolute Gasteiger partial charge is 0.245 e. The van der Waals surface area contributed by atoms with Crippen LogP contribution in [0.5, 0.6) is 5.88 Å². The number of amides is 1. The lowest BCUT2D eigenvalue weighted by Gasteiger charge is -2.36. The van der Waals surface area contributed by atoms with Crippen LogP contribution in [0.2, 0.25) is 0 Å². The molecule has 0 spiro atoms. The summed E-state index contributed by atoms with van der Waals surface area (Å²) >= 11 is 0. The number of hydrogen-bond donors (Lipinski definition) is 0.